The van der Waals surface area contributed by atoms with Crippen LogP contribution in [0.2, 0.25) is 0 Å². The van der Waals surface area contributed by atoms with Crippen LogP contribution >= 0.6 is 11.3 Å². The number of nitrogens with zero attached hydrogens (tertiary/aromatic N) is 2. The fourth-order valence-electron chi connectivity index (χ4n) is 2.67. The van der Waals surface area contributed by atoms with Gasteiger partial charge in [-0.05, 0) is 32.4 Å². The van der Waals surface area contributed by atoms with Crippen LogP contribution in [0.3, 0.4) is 0 Å². The summed E-state index contributed by atoms with van der Waals surface area (Å²) < 4.78 is 10.3. The lowest BCUT2D eigenvalue weighted by molar-refractivity contribution is -0.385. The normalized spacial score (nSPS) is 12.0. The van der Waals surface area contributed by atoms with Crippen LogP contribution in [0.4, 0.5) is 5.69 Å². The maximum atomic E-state index is 12.5. The lowest BCUT2D eigenvalue weighted by Gasteiger charge is -2.13. The van der Waals surface area contributed by atoms with Gasteiger partial charge < -0.3 is 14.5 Å². The Bertz CT molecular complexity index is 1150. The second-order valence-corrected chi connectivity index (χ2v) is 7.34. The van der Waals surface area contributed by atoms with Crippen LogP contribution in [-0.2, 0) is 4.74 Å². The molecule has 0 aliphatic carbocycles. The van der Waals surface area contributed by atoms with E-state index in [4.69, 9.17) is 9.47 Å². The van der Waals surface area contributed by atoms with Gasteiger partial charge >= 0.3 is 5.97 Å². The highest BCUT2D eigenvalue weighted by molar-refractivity contribution is 7.18. The molecule has 1 aromatic carbocycles. The van der Waals surface area contributed by atoms with Gasteiger partial charge in [-0.1, -0.05) is 0 Å². The molecule has 1 unspecified atom stereocenters. The number of aromatic amines is 1. The minimum Gasteiger partial charge on any atom is -0.496 e. The molecule has 9 nitrogen and oxygen atoms in total. The Balaban J connectivity index is 1.91. The van der Waals surface area contributed by atoms with E-state index in [1.165, 1.54) is 30.6 Å². The van der Waals surface area contributed by atoms with E-state index in [1.54, 1.807) is 6.92 Å². The Morgan fingerprint density at radius 3 is 2.68 bits per heavy atom. The van der Waals surface area contributed by atoms with Crippen LogP contribution in [0.25, 0.3) is 10.2 Å². The number of aryl methyl sites for hydroxylation is 2. The zero-order valence-corrected chi connectivity index (χ0v) is 16.4. The minimum atomic E-state index is -0.863. The maximum Gasteiger partial charge on any atom is 0.339 e. The van der Waals surface area contributed by atoms with Crippen LogP contribution in [0.5, 0.6) is 5.75 Å². The van der Waals surface area contributed by atoms with Gasteiger partial charge in [-0.15, -0.1) is 11.3 Å². The van der Waals surface area contributed by atoms with E-state index < -0.39 is 17.0 Å². The third kappa shape index (κ3) is 3.58. The fourth-order valence-corrected chi connectivity index (χ4v) is 3.71. The van der Waals surface area contributed by atoms with Gasteiger partial charge in [0.25, 0.3) is 11.2 Å². The van der Waals surface area contributed by atoms with Crippen molar-refractivity contribution >= 4 is 33.2 Å². The number of nitro benzene ring substituents is 1. The number of H-pyrrole nitrogens is 1. The predicted octanol–water partition coefficient (Wildman–Crippen LogP) is 3.44. The molecule has 0 radical (unpaired) electrons. The van der Waals surface area contributed by atoms with Crippen molar-refractivity contribution in [2.45, 2.75) is 26.9 Å². The number of aromatic nitrogens is 2. The zero-order chi connectivity index (χ0) is 20.6. The summed E-state index contributed by atoms with van der Waals surface area (Å²) in [5.41, 5.74) is 0.232. The number of benzene rings is 1. The van der Waals surface area contributed by atoms with Crippen molar-refractivity contribution in [1.29, 1.82) is 0 Å². The number of carbonyl (C=O) groups excluding carboxylic acids is 1. The molecule has 28 heavy (non-hydrogen) atoms. The van der Waals surface area contributed by atoms with E-state index >= 15 is 0 Å². The Morgan fingerprint density at radius 2 is 2.04 bits per heavy atom. The standard InChI is InChI=1S/C18H17N3O6S/c1-8-10(3)28-17-14(8)16(22)19-15(20-17)9(2)27-18(23)11-5-12(21(24)25)7-13(6-11)26-4/h5-7,9H,1-4H3,(H,19,20,22). The molecule has 1 atom stereocenters. The summed E-state index contributed by atoms with van der Waals surface area (Å²) in [7, 11) is 1.34. The van der Waals surface area contributed by atoms with Crippen molar-refractivity contribution in [2.24, 2.45) is 0 Å². The van der Waals surface area contributed by atoms with Crippen molar-refractivity contribution in [3.05, 3.63) is 60.5 Å². The van der Waals surface area contributed by atoms with Crippen LogP contribution in [-0.4, -0.2) is 28.0 Å². The average Bonchev–Trinajstić information content (AvgIpc) is 2.95. The number of fused-ring (bicyclic) bond motifs is 1. The Hall–Kier alpha value is -3.27. The van der Waals surface area contributed by atoms with E-state index in [0.717, 1.165) is 16.5 Å². The quantitative estimate of drug-likeness (QED) is 0.393. The highest BCUT2D eigenvalue weighted by Gasteiger charge is 2.21. The molecule has 0 aliphatic heterocycles. The molecule has 2 aromatic heterocycles. The number of ether oxygens (including phenoxy) is 2. The Labute approximate surface area is 163 Å². The summed E-state index contributed by atoms with van der Waals surface area (Å²) in [6.45, 7) is 5.31. The summed E-state index contributed by atoms with van der Waals surface area (Å²) in [6, 6.07) is 3.64. The summed E-state index contributed by atoms with van der Waals surface area (Å²) in [6.07, 6.45) is -0.863. The van der Waals surface area contributed by atoms with Crippen molar-refractivity contribution in [2.75, 3.05) is 7.11 Å². The van der Waals surface area contributed by atoms with Gasteiger partial charge in [0.2, 0.25) is 0 Å². The number of thiophene rings is 1. The fraction of sp³-hybridized carbons (Fsp3) is 0.278. The third-order valence-electron chi connectivity index (χ3n) is 4.30. The molecule has 0 bridgehead atoms. The molecule has 0 aliphatic rings. The van der Waals surface area contributed by atoms with Crippen LogP contribution < -0.4 is 10.3 Å². The zero-order valence-electron chi connectivity index (χ0n) is 15.6. The molecule has 3 aromatic rings. The SMILES string of the molecule is COc1cc(C(=O)OC(C)c2nc3sc(C)c(C)c3c(=O)[nH]2)cc([N+](=O)[O-])c1. The van der Waals surface area contributed by atoms with Crippen LogP contribution in [0.15, 0.2) is 23.0 Å². The summed E-state index contributed by atoms with van der Waals surface area (Å²) >= 11 is 1.39. The van der Waals surface area contributed by atoms with E-state index in [-0.39, 0.29) is 28.4 Å². The van der Waals surface area contributed by atoms with E-state index in [1.807, 2.05) is 13.8 Å². The van der Waals surface area contributed by atoms with E-state index in [9.17, 15) is 19.7 Å². The van der Waals surface area contributed by atoms with Crippen LogP contribution in [0, 0.1) is 24.0 Å². The topological polar surface area (TPSA) is 124 Å². The second-order valence-electron chi connectivity index (χ2n) is 6.14. The number of esters is 1. The molecule has 0 fully saturated rings. The Kier molecular flexibility index (Phi) is 5.14. The van der Waals surface area contributed by atoms with E-state index in [0.29, 0.717) is 10.2 Å². The van der Waals surface area contributed by atoms with Gasteiger partial charge in [-0.2, -0.15) is 0 Å². The monoisotopic (exact) mass is 403 g/mol. The van der Waals surface area contributed by atoms with Crippen molar-refractivity contribution in [1.82, 2.24) is 9.97 Å². The molecule has 10 heteroatoms. The number of hydrogen-bond donors (Lipinski definition) is 1. The molecule has 0 saturated carbocycles. The highest BCUT2D eigenvalue weighted by atomic mass is 32.1. The largest absolute Gasteiger partial charge is 0.496 e. The van der Waals surface area contributed by atoms with Gasteiger partial charge in [0.05, 0.1) is 29.0 Å². The summed E-state index contributed by atoms with van der Waals surface area (Å²) in [4.78, 5) is 43.8. The number of nitrogens with one attached hydrogen (secondary N) is 1. The molecular weight excluding hydrogens is 386 g/mol. The number of nitro groups is 1. The van der Waals surface area contributed by atoms with Crippen molar-refractivity contribution in [3.63, 3.8) is 0 Å². The van der Waals surface area contributed by atoms with E-state index in [2.05, 4.69) is 9.97 Å². The number of carbonyl (C=O) groups is 1. The highest BCUT2D eigenvalue weighted by Crippen LogP contribution is 2.28. The van der Waals surface area contributed by atoms with Gasteiger partial charge in [0.15, 0.2) is 11.9 Å². The Morgan fingerprint density at radius 1 is 1.32 bits per heavy atom. The smallest absolute Gasteiger partial charge is 0.339 e. The molecule has 2 heterocycles. The number of non-ortho nitro benzene ring substituents is 1. The van der Waals surface area contributed by atoms with Crippen molar-refractivity contribution < 1.29 is 19.2 Å². The maximum absolute atomic E-state index is 12.5. The number of hydrogen-bond acceptors (Lipinski definition) is 8. The molecule has 146 valence electrons. The number of methoxy groups -OCH3 is 1. The third-order valence-corrected chi connectivity index (χ3v) is 5.40. The molecule has 0 saturated heterocycles. The lowest BCUT2D eigenvalue weighted by Crippen LogP contribution is -2.17. The van der Waals surface area contributed by atoms with Crippen LogP contribution in [0.1, 0.15) is 39.7 Å². The lowest BCUT2D eigenvalue weighted by atomic mass is 10.2. The first-order valence-corrected chi connectivity index (χ1v) is 9.07. The summed E-state index contributed by atoms with van der Waals surface area (Å²) in [5, 5.41) is 11.5. The predicted molar refractivity (Wildman–Crippen MR) is 103 cm³/mol. The number of rotatable bonds is 5. The molecule has 0 spiro atoms. The second kappa shape index (κ2) is 7.39. The van der Waals surface area contributed by atoms with Crippen molar-refractivity contribution in [3.8, 4) is 5.75 Å². The first-order chi connectivity index (χ1) is 13.2. The molecule has 1 N–H and O–H groups in total. The summed E-state index contributed by atoms with van der Waals surface area (Å²) in [5.74, 6) is -0.438. The van der Waals surface area contributed by atoms with Gasteiger partial charge in [0.1, 0.15) is 10.6 Å². The van der Waals surface area contributed by atoms with Gasteiger partial charge in [0, 0.05) is 10.9 Å². The molecule has 0 amide bonds. The minimum absolute atomic E-state index is 0.0378. The molecular formula is C18H17N3O6S. The molecule has 3 rings (SSSR count). The van der Waals surface area contributed by atoms with Gasteiger partial charge in [-0.3, -0.25) is 14.9 Å². The average molecular weight is 403 g/mol. The van der Waals surface area contributed by atoms with Gasteiger partial charge in [-0.25, -0.2) is 9.78 Å². The first-order valence-electron chi connectivity index (χ1n) is 8.25. The first kappa shape index (κ1) is 19.5.